The summed E-state index contributed by atoms with van der Waals surface area (Å²) in [5, 5.41) is 18.2. The molecule has 1 aliphatic carbocycles. The molecule has 2 N–H and O–H groups in total. The van der Waals surface area contributed by atoms with Crippen molar-refractivity contribution >= 4 is 11.6 Å². The highest BCUT2D eigenvalue weighted by Gasteiger charge is 2.24. The third kappa shape index (κ3) is 3.51. The molecule has 0 amide bonds. The molecule has 22 heavy (non-hydrogen) atoms. The van der Waals surface area contributed by atoms with E-state index < -0.39 is 0 Å². The molecule has 4 nitrogen and oxygen atoms in total. The minimum absolute atomic E-state index is 0.125. The number of benzene rings is 1. The fourth-order valence-electron chi connectivity index (χ4n) is 3.11. The van der Waals surface area contributed by atoms with Crippen molar-refractivity contribution in [2.24, 2.45) is 5.92 Å². The maximum absolute atomic E-state index is 9.84. The summed E-state index contributed by atoms with van der Waals surface area (Å²) in [6.07, 6.45) is 6.54. The molecule has 0 aliphatic heterocycles. The summed E-state index contributed by atoms with van der Waals surface area (Å²) in [5.41, 5.74) is 3.51. The van der Waals surface area contributed by atoms with Crippen LogP contribution in [0, 0.1) is 12.8 Å². The van der Waals surface area contributed by atoms with E-state index in [1.807, 2.05) is 0 Å². The predicted octanol–water partition coefficient (Wildman–Crippen LogP) is 3.08. The van der Waals surface area contributed by atoms with E-state index in [0.717, 1.165) is 38.0 Å². The average Bonchev–Trinajstić information content (AvgIpc) is 3.10. The highest BCUT2D eigenvalue weighted by molar-refractivity contribution is 6.30. The Balaban J connectivity index is 1.60. The van der Waals surface area contributed by atoms with Crippen molar-refractivity contribution in [1.82, 2.24) is 15.1 Å². The quantitative estimate of drug-likeness (QED) is 0.890. The maximum atomic E-state index is 9.84. The second-order valence-corrected chi connectivity index (χ2v) is 6.54. The normalized spacial score (nSPS) is 21.4. The number of aryl methyl sites for hydroxylation is 1. The van der Waals surface area contributed by atoms with Crippen molar-refractivity contribution in [3.8, 4) is 5.69 Å². The highest BCUT2D eigenvalue weighted by atomic mass is 35.5. The number of nitrogens with zero attached hydrogens (tertiary/aromatic N) is 2. The van der Waals surface area contributed by atoms with Crippen LogP contribution in [0.15, 0.2) is 30.6 Å². The summed E-state index contributed by atoms with van der Waals surface area (Å²) in [4.78, 5) is 0. The fourth-order valence-corrected chi connectivity index (χ4v) is 3.25. The molecule has 1 saturated carbocycles. The SMILES string of the molecule is Cc1cc(-n2cc(Cl)cn2)ccc1CNC[C@H]1CCC[C@H]1O. The van der Waals surface area contributed by atoms with Crippen molar-refractivity contribution < 1.29 is 5.11 Å². The molecule has 2 aromatic rings. The van der Waals surface area contributed by atoms with Crippen LogP contribution in [0.2, 0.25) is 5.02 Å². The van der Waals surface area contributed by atoms with Gasteiger partial charge in [0.1, 0.15) is 0 Å². The van der Waals surface area contributed by atoms with E-state index in [-0.39, 0.29) is 6.10 Å². The maximum Gasteiger partial charge on any atom is 0.0790 e. The number of hydrogen-bond acceptors (Lipinski definition) is 3. The van der Waals surface area contributed by atoms with Gasteiger partial charge in [0, 0.05) is 19.3 Å². The van der Waals surface area contributed by atoms with Crippen molar-refractivity contribution in [3.05, 3.63) is 46.7 Å². The molecular weight excluding hydrogens is 298 g/mol. The molecule has 1 heterocycles. The number of aliphatic hydroxyl groups is 1. The van der Waals surface area contributed by atoms with E-state index in [9.17, 15) is 5.11 Å². The van der Waals surface area contributed by atoms with Crippen molar-refractivity contribution in [1.29, 1.82) is 0 Å². The lowest BCUT2D eigenvalue weighted by Crippen LogP contribution is -2.27. The van der Waals surface area contributed by atoms with E-state index in [1.165, 1.54) is 11.1 Å². The molecule has 1 aliphatic rings. The van der Waals surface area contributed by atoms with Crippen molar-refractivity contribution in [2.45, 2.75) is 38.8 Å². The van der Waals surface area contributed by atoms with E-state index in [4.69, 9.17) is 11.6 Å². The van der Waals surface area contributed by atoms with Crippen LogP contribution < -0.4 is 5.32 Å². The van der Waals surface area contributed by atoms with Crippen molar-refractivity contribution in [3.63, 3.8) is 0 Å². The Bertz CT molecular complexity index is 641. The number of nitrogens with one attached hydrogen (secondary N) is 1. The largest absolute Gasteiger partial charge is 0.393 e. The Hall–Kier alpha value is -1.36. The molecule has 5 heteroatoms. The predicted molar refractivity (Wildman–Crippen MR) is 88.4 cm³/mol. The van der Waals surface area contributed by atoms with Gasteiger partial charge in [-0.1, -0.05) is 24.1 Å². The van der Waals surface area contributed by atoms with E-state index >= 15 is 0 Å². The zero-order valence-electron chi connectivity index (χ0n) is 12.8. The summed E-state index contributed by atoms with van der Waals surface area (Å²) in [6, 6.07) is 6.29. The Morgan fingerprint density at radius 3 is 2.91 bits per heavy atom. The van der Waals surface area contributed by atoms with Crippen LogP contribution in [0.4, 0.5) is 0 Å². The molecule has 0 unspecified atom stereocenters. The average molecular weight is 320 g/mol. The zero-order chi connectivity index (χ0) is 15.5. The van der Waals surface area contributed by atoms with Crippen LogP contribution in [-0.2, 0) is 6.54 Å². The van der Waals surface area contributed by atoms with E-state index in [0.29, 0.717) is 10.9 Å². The van der Waals surface area contributed by atoms with Gasteiger partial charge in [0.15, 0.2) is 0 Å². The van der Waals surface area contributed by atoms with Gasteiger partial charge in [-0.25, -0.2) is 4.68 Å². The second kappa shape index (κ2) is 6.82. The van der Waals surface area contributed by atoms with Crippen LogP contribution in [0.25, 0.3) is 5.69 Å². The topological polar surface area (TPSA) is 50.1 Å². The standard InChI is InChI=1S/C17H22ClN3O/c1-12-7-16(21-11-15(18)10-20-21)6-5-13(12)8-19-9-14-3-2-4-17(14)22/h5-7,10-11,14,17,19,22H,2-4,8-9H2,1H3/t14-,17-/m1/s1. The molecule has 1 fully saturated rings. The Labute approximate surface area is 136 Å². The number of hydrogen-bond donors (Lipinski definition) is 2. The first-order valence-corrected chi connectivity index (χ1v) is 8.20. The van der Waals surface area contributed by atoms with Gasteiger partial charge in [-0.2, -0.15) is 5.10 Å². The second-order valence-electron chi connectivity index (χ2n) is 6.10. The van der Waals surface area contributed by atoms with Crippen LogP contribution in [-0.4, -0.2) is 27.5 Å². The first-order chi connectivity index (χ1) is 10.6. The van der Waals surface area contributed by atoms with Gasteiger partial charge < -0.3 is 10.4 Å². The van der Waals surface area contributed by atoms with Gasteiger partial charge in [0.25, 0.3) is 0 Å². The summed E-state index contributed by atoms with van der Waals surface area (Å²) in [5.74, 6) is 0.408. The molecule has 2 atom stereocenters. The Morgan fingerprint density at radius 2 is 2.27 bits per heavy atom. The minimum Gasteiger partial charge on any atom is -0.393 e. The summed E-state index contributed by atoms with van der Waals surface area (Å²) in [6.45, 7) is 3.82. The lowest BCUT2D eigenvalue weighted by molar-refractivity contribution is 0.131. The molecule has 0 bridgehead atoms. The van der Waals surface area contributed by atoms with Crippen LogP contribution in [0.1, 0.15) is 30.4 Å². The van der Waals surface area contributed by atoms with Gasteiger partial charge in [-0.3, -0.25) is 0 Å². The van der Waals surface area contributed by atoms with Crippen LogP contribution in [0.5, 0.6) is 0 Å². The minimum atomic E-state index is -0.125. The van der Waals surface area contributed by atoms with E-state index in [2.05, 4.69) is 35.5 Å². The zero-order valence-corrected chi connectivity index (χ0v) is 13.6. The first kappa shape index (κ1) is 15.5. The molecule has 1 aromatic carbocycles. The Kier molecular flexibility index (Phi) is 4.81. The first-order valence-electron chi connectivity index (χ1n) is 7.82. The molecule has 0 saturated heterocycles. The summed E-state index contributed by atoms with van der Waals surface area (Å²) in [7, 11) is 0. The number of aromatic nitrogens is 2. The number of aliphatic hydroxyl groups excluding tert-OH is 1. The van der Waals surface area contributed by atoms with Gasteiger partial charge in [-0.15, -0.1) is 0 Å². The van der Waals surface area contributed by atoms with Gasteiger partial charge in [0.05, 0.1) is 23.0 Å². The third-order valence-corrected chi connectivity index (χ3v) is 4.68. The van der Waals surface area contributed by atoms with E-state index in [1.54, 1.807) is 17.1 Å². The third-order valence-electron chi connectivity index (χ3n) is 4.48. The van der Waals surface area contributed by atoms with Crippen molar-refractivity contribution in [2.75, 3.05) is 6.54 Å². The molecule has 0 spiro atoms. The number of rotatable bonds is 5. The molecule has 0 radical (unpaired) electrons. The number of halogens is 1. The van der Waals surface area contributed by atoms with Gasteiger partial charge in [-0.05, 0) is 48.9 Å². The van der Waals surface area contributed by atoms with Crippen LogP contribution >= 0.6 is 11.6 Å². The Morgan fingerprint density at radius 1 is 1.41 bits per heavy atom. The monoisotopic (exact) mass is 319 g/mol. The summed E-state index contributed by atoms with van der Waals surface area (Å²) >= 11 is 5.91. The van der Waals surface area contributed by atoms with Gasteiger partial charge in [0.2, 0.25) is 0 Å². The molecule has 118 valence electrons. The summed E-state index contributed by atoms with van der Waals surface area (Å²) < 4.78 is 1.78. The highest BCUT2D eigenvalue weighted by Crippen LogP contribution is 2.25. The van der Waals surface area contributed by atoms with Crippen LogP contribution in [0.3, 0.4) is 0 Å². The molecule has 3 rings (SSSR count). The van der Waals surface area contributed by atoms with Gasteiger partial charge >= 0.3 is 0 Å². The lowest BCUT2D eigenvalue weighted by Gasteiger charge is -2.16. The fraction of sp³-hybridized carbons (Fsp3) is 0.471. The molecule has 1 aromatic heterocycles. The lowest BCUT2D eigenvalue weighted by atomic mass is 10.1. The molecular formula is C17H22ClN3O. The smallest absolute Gasteiger partial charge is 0.0790 e.